The molecular formula is C11H6ClFN2O2. The molecule has 86 valence electrons. The van der Waals surface area contributed by atoms with Gasteiger partial charge in [0.15, 0.2) is 5.15 Å². The molecule has 1 heterocycles. The summed E-state index contributed by atoms with van der Waals surface area (Å²) in [5, 5.41) is 15.9. The number of halogens is 2. The number of aromatic nitrogens is 2. The van der Waals surface area contributed by atoms with Crippen LogP contribution in [-0.2, 0) is 0 Å². The molecule has 1 aromatic heterocycles. The first-order valence-corrected chi connectivity index (χ1v) is 4.98. The van der Waals surface area contributed by atoms with Crippen molar-refractivity contribution < 1.29 is 14.3 Å². The van der Waals surface area contributed by atoms with Crippen LogP contribution in [0.5, 0.6) is 0 Å². The van der Waals surface area contributed by atoms with Gasteiger partial charge in [0.1, 0.15) is 11.4 Å². The Morgan fingerprint density at radius 2 is 2.06 bits per heavy atom. The predicted octanol–water partition coefficient (Wildman–Crippen LogP) is 2.63. The van der Waals surface area contributed by atoms with Crippen LogP contribution in [0, 0.1) is 5.82 Å². The second-order valence-electron chi connectivity index (χ2n) is 3.25. The third-order valence-electron chi connectivity index (χ3n) is 2.10. The predicted molar refractivity (Wildman–Crippen MR) is 59.4 cm³/mol. The number of benzene rings is 1. The van der Waals surface area contributed by atoms with Gasteiger partial charge in [-0.3, -0.25) is 0 Å². The van der Waals surface area contributed by atoms with Gasteiger partial charge in [-0.25, -0.2) is 9.18 Å². The fourth-order valence-corrected chi connectivity index (χ4v) is 1.49. The highest BCUT2D eigenvalue weighted by molar-refractivity contribution is 6.32. The molecule has 0 spiro atoms. The average molecular weight is 253 g/mol. The fraction of sp³-hybridized carbons (Fsp3) is 0. The van der Waals surface area contributed by atoms with E-state index >= 15 is 0 Å². The zero-order valence-electron chi connectivity index (χ0n) is 8.39. The Labute approximate surface area is 101 Å². The molecule has 0 saturated heterocycles. The van der Waals surface area contributed by atoms with Crippen molar-refractivity contribution in [2.75, 3.05) is 0 Å². The van der Waals surface area contributed by atoms with E-state index in [1.165, 1.54) is 24.3 Å². The van der Waals surface area contributed by atoms with Crippen molar-refractivity contribution in [2.45, 2.75) is 0 Å². The molecule has 17 heavy (non-hydrogen) atoms. The van der Waals surface area contributed by atoms with Crippen molar-refractivity contribution in [1.82, 2.24) is 10.2 Å². The number of aromatic carboxylic acids is 1. The molecular weight excluding hydrogens is 247 g/mol. The minimum Gasteiger partial charge on any atom is -0.478 e. The Hall–Kier alpha value is -2.01. The molecule has 0 aliphatic heterocycles. The van der Waals surface area contributed by atoms with Gasteiger partial charge in [-0.1, -0.05) is 23.7 Å². The van der Waals surface area contributed by atoms with Gasteiger partial charge in [0, 0.05) is 5.56 Å². The summed E-state index contributed by atoms with van der Waals surface area (Å²) in [7, 11) is 0. The normalized spacial score (nSPS) is 10.2. The molecule has 4 nitrogen and oxygen atoms in total. The highest BCUT2D eigenvalue weighted by Crippen LogP contribution is 2.21. The van der Waals surface area contributed by atoms with E-state index in [1.807, 2.05) is 0 Å². The number of carboxylic acids is 1. The van der Waals surface area contributed by atoms with Gasteiger partial charge >= 0.3 is 5.97 Å². The molecule has 0 saturated carbocycles. The van der Waals surface area contributed by atoms with Crippen LogP contribution in [0.4, 0.5) is 4.39 Å². The van der Waals surface area contributed by atoms with Crippen LogP contribution >= 0.6 is 11.6 Å². The Morgan fingerprint density at radius 3 is 2.71 bits per heavy atom. The highest BCUT2D eigenvalue weighted by atomic mass is 35.5. The topological polar surface area (TPSA) is 63.1 Å². The van der Waals surface area contributed by atoms with E-state index in [4.69, 9.17) is 16.7 Å². The Balaban J connectivity index is 2.54. The van der Waals surface area contributed by atoms with Gasteiger partial charge in [0.2, 0.25) is 0 Å². The van der Waals surface area contributed by atoms with Crippen LogP contribution in [0.3, 0.4) is 0 Å². The molecule has 6 heteroatoms. The van der Waals surface area contributed by atoms with Crippen molar-refractivity contribution >= 4 is 17.6 Å². The molecule has 0 fully saturated rings. The first-order valence-electron chi connectivity index (χ1n) is 4.60. The van der Waals surface area contributed by atoms with E-state index in [2.05, 4.69) is 10.2 Å². The van der Waals surface area contributed by atoms with Crippen molar-refractivity contribution in [3.05, 3.63) is 46.9 Å². The van der Waals surface area contributed by atoms with Crippen LogP contribution in [0.1, 0.15) is 10.4 Å². The van der Waals surface area contributed by atoms with Gasteiger partial charge in [-0.2, -0.15) is 0 Å². The second-order valence-corrected chi connectivity index (χ2v) is 3.61. The third-order valence-corrected chi connectivity index (χ3v) is 2.38. The smallest absolute Gasteiger partial charge is 0.338 e. The van der Waals surface area contributed by atoms with E-state index in [9.17, 15) is 9.18 Å². The molecule has 0 radical (unpaired) electrons. The first kappa shape index (κ1) is 11.5. The molecule has 2 aromatic rings. The zero-order chi connectivity index (χ0) is 12.4. The number of hydrogen-bond donors (Lipinski definition) is 1. The van der Waals surface area contributed by atoms with E-state index in [0.29, 0.717) is 5.56 Å². The average Bonchev–Trinajstić information content (AvgIpc) is 2.29. The molecule has 0 bridgehead atoms. The standard InChI is InChI=1S/C11H6ClFN2O2/c12-10-8(11(16)17)5-9(14-15-10)6-2-1-3-7(13)4-6/h1-5H,(H,16,17). The molecule has 1 N–H and O–H groups in total. The van der Waals surface area contributed by atoms with Crippen LogP contribution in [0.2, 0.25) is 5.15 Å². The first-order chi connectivity index (χ1) is 8.08. The number of nitrogens with zero attached hydrogens (tertiary/aromatic N) is 2. The lowest BCUT2D eigenvalue weighted by Gasteiger charge is -2.02. The summed E-state index contributed by atoms with van der Waals surface area (Å²) in [6.07, 6.45) is 0. The van der Waals surface area contributed by atoms with Gasteiger partial charge < -0.3 is 5.11 Å². The molecule has 0 unspecified atom stereocenters. The van der Waals surface area contributed by atoms with Gasteiger partial charge in [0.05, 0.1) is 5.69 Å². The van der Waals surface area contributed by atoms with E-state index < -0.39 is 11.8 Å². The maximum absolute atomic E-state index is 13.0. The minimum absolute atomic E-state index is 0.166. The summed E-state index contributed by atoms with van der Waals surface area (Å²) in [6, 6.07) is 6.88. The largest absolute Gasteiger partial charge is 0.478 e. The fourth-order valence-electron chi connectivity index (χ4n) is 1.32. The maximum atomic E-state index is 13.0. The van der Waals surface area contributed by atoms with Crippen molar-refractivity contribution in [3.8, 4) is 11.3 Å². The summed E-state index contributed by atoms with van der Waals surface area (Å²) >= 11 is 5.58. The lowest BCUT2D eigenvalue weighted by atomic mass is 10.1. The van der Waals surface area contributed by atoms with Gasteiger partial charge in [-0.15, -0.1) is 10.2 Å². The van der Waals surface area contributed by atoms with Gasteiger partial charge in [0.25, 0.3) is 0 Å². The second kappa shape index (κ2) is 4.47. The highest BCUT2D eigenvalue weighted by Gasteiger charge is 2.13. The number of hydrogen-bond acceptors (Lipinski definition) is 3. The lowest BCUT2D eigenvalue weighted by Crippen LogP contribution is -2.01. The van der Waals surface area contributed by atoms with E-state index in [-0.39, 0.29) is 16.4 Å². The summed E-state index contributed by atoms with van der Waals surface area (Å²) in [5.74, 6) is -1.64. The van der Waals surface area contributed by atoms with E-state index in [1.54, 1.807) is 6.07 Å². The summed E-state index contributed by atoms with van der Waals surface area (Å²) < 4.78 is 13.0. The molecule has 0 aliphatic carbocycles. The van der Waals surface area contributed by atoms with Gasteiger partial charge in [-0.05, 0) is 18.2 Å². The summed E-state index contributed by atoms with van der Waals surface area (Å²) in [5.41, 5.74) is 0.531. The van der Waals surface area contributed by atoms with Crippen LogP contribution in [-0.4, -0.2) is 21.3 Å². The molecule has 0 atom stereocenters. The Kier molecular flexibility index (Phi) is 3.01. The Bertz CT molecular complexity index is 589. The number of rotatable bonds is 2. The van der Waals surface area contributed by atoms with Crippen molar-refractivity contribution in [3.63, 3.8) is 0 Å². The maximum Gasteiger partial charge on any atom is 0.338 e. The molecule has 0 aliphatic rings. The zero-order valence-corrected chi connectivity index (χ0v) is 9.15. The summed E-state index contributed by atoms with van der Waals surface area (Å²) in [4.78, 5) is 10.8. The van der Waals surface area contributed by atoms with Crippen LogP contribution in [0.25, 0.3) is 11.3 Å². The number of carboxylic acid groups (broad SMARTS) is 1. The summed E-state index contributed by atoms with van der Waals surface area (Å²) in [6.45, 7) is 0. The SMILES string of the molecule is O=C(O)c1cc(-c2cccc(F)c2)nnc1Cl. The number of carbonyl (C=O) groups is 1. The molecule has 2 rings (SSSR count). The Morgan fingerprint density at radius 1 is 1.29 bits per heavy atom. The molecule has 0 amide bonds. The van der Waals surface area contributed by atoms with E-state index in [0.717, 1.165) is 0 Å². The lowest BCUT2D eigenvalue weighted by molar-refractivity contribution is 0.0696. The van der Waals surface area contributed by atoms with Crippen molar-refractivity contribution in [1.29, 1.82) is 0 Å². The van der Waals surface area contributed by atoms with Crippen LogP contribution in [0.15, 0.2) is 30.3 Å². The van der Waals surface area contributed by atoms with Crippen LogP contribution < -0.4 is 0 Å². The quantitative estimate of drug-likeness (QED) is 0.892. The monoisotopic (exact) mass is 252 g/mol. The van der Waals surface area contributed by atoms with Crippen molar-refractivity contribution in [2.24, 2.45) is 0 Å². The minimum atomic E-state index is -1.21. The molecule has 1 aromatic carbocycles. The third kappa shape index (κ3) is 2.39.